The normalized spacial score (nSPS) is 14.8. The third-order valence-corrected chi connectivity index (χ3v) is 11.2. The van der Waals surface area contributed by atoms with Gasteiger partial charge in [-0.2, -0.15) is 8.42 Å². The van der Waals surface area contributed by atoms with Crippen LogP contribution in [0.25, 0.3) is 98.0 Å². The van der Waals surface area contributed by atoms with Crippen LogP contribution in [0.5, 0.6) is 5.75 Å². The summed E-state index contributed by atoms with van der Waals surface area (Å²) in [7, 11) is -4.37. The molecule has 0 aliphatic carbocycles. The molecule has 1 aliphatic heterocycles. The van der Waals surface area contributed by atoms with E-state index in [0.29, 0.717) is 65.7 Å². The molecule has 0 fully saturated rings. The van der Waals surface area contributed by atoms with E-state index in [9.17, 15) is 18.0 Å². The van der Waals surface area contributed by atoms with Crippen molar-refractivity contribution in [3.05, 3.63) is 106 Å². The predicted octanol–water partition coefficient (Wildman–Crippen LogP) is 6.32. The molecular weight excluding hydrogens is 600 g/mol. The summed E-state index contributed by atoms with van der Waals surface area (Å²) in [6.07, 6.45) is 0. The summed E-state index contributed by atoms with van der Waals surface area (Å²) in [4.78, 5) is 38.1. The molecule has 12 rings (SSSR count). The molecule has 46 heavy (non-hydrogen) atoms. The minimum absolute atomic E-state index is 0.0668. The molecule has 0 saturated heterocycles. The molecule has 0 bridgehead atoms. The quantitative estimate of drug-likeness (QED) is 0.112. The second-order valence-corrected chi connectivity index (χ2v) is 13.6. The lowest BCUT2D eigenvalue weighted by atomic mass is 9.85. The number of imidazole rings is 2. The van der Waals surface area contributed by atoms with Crippen LogP contribution < -0.4 is 15.3 Å². The summed E-state index contributed by atoms with van der Waals surface area (Å²) in [6, 6.07) is 25.8. The molecule has 0 spiro atoms. The number of nitrogens with zero attached hydrogens (tertiary/aromatic N) is 4. The van der Waals surface area contributed by atoms with E-state index in [1.165, 1.54) is 6.07 Å². The zero-order valence-corrected chi connectivity index (χ0v) is 24.1. The van der Waals surface area contributed by atoms with Gasteiger partial charge in [0.2, 0.25) is 0 Å². The number of rotatable bonds is 0. The Morgan fingerprint density at radius 2 is 1.02 bits per heavy atom. The first-order valence-electron chi connectivity index (χ1n) is 14.7. The molecule has 11 aromatic rings. The summed E-state index contributed by atoms with van der Waals surface area (Å²) >= 11 is 0. The van der Waals surface area contributed by atoms with E-state index in [2.05, 4.69) is 0 Å². The average molecular weight is 615 g/mol. The van der Waals surface area contributed by atoms with Crippen LogP contribution in [0, 0.1) is 0 Å². The maximum Gasteiger partial charge on any atom is 0.339 e. The second-order valence-electron chi connectivity index (χ2n) is 12.1. The second kappa shape index (κ2) is 7.06. The van der Waals surface area contributed by atoms with Crippen molar-refractivity contribution < 1.29 is 12.6 Å². The summed E-state index contributed by atoms with van der Waals surface area (Å²) in [5.41, 5.74) is 3.08. The maximum absolute atomic E-state index is 14.2. The highest BCUT2D eigenvalue weighted by Gasteiger charge is 2.35. The van der Waals surface area contributed by atoms with E-state index >= 15 is 0 Å². The number of fused-ring (bicyclic) bond motifs is 9. The highest BCUT2D eigenvalue weighted by molar-refractivity contribution is 7.87. The van der Waals surface area contributed by atoms with Crippen molar-refractivity contribution in [1.82, 2.24) is 18.8 Å². The first-order chi connectivity index (χ1) is 22.4. The Kier molecular flexibility index (Phi) is 3.57. The molecule has 4 aromatic heterocycles. The molecule has 9 nitrogen and oxygen atoms in total. The van der Waals surface area contributed by atoms with Crippen LogP contribution in [-0.4, -0.2) is 27.2 Å². The van der Waals surface area contributed by atoms with Crippen molar-refractivity contribution in [2.24, 2.45) is 0 Å². The highest BCUT2D eigenvalue weighted by atomic mass is 32.2. The Morgan fingerprint density at radius 3 is 1.61 bits per heavy atom. The minimum Gasteiger partial charge on any atom is -0.378 e. The fourth-order valence-corrected chi connectivity index (χ4v) is 9.40. The standard InChI is InChI=1S/C36H14N4O5S/c41-35-19-13-25-31-29-15(9-11-17(27(19)29)33-37-21-5-1-3-7-23(21)39(33)35)16-10-12-18-28-20(14-26(32(31)30(16)28)46(43,44)45-25)36(42)40-24-8-4-2-6-22(24)38-34(18)40/h1-14H. The van der Waals surface area contributed by atoms with Crippen molar-refractivity contribution in [1.29, 1.82) is 0 Å². The predicted molar refractivity (Wildman–Crippen MR) is 178 cm³/mol. The molecule has 5 heterocycles. The van der Waals surface area contributed by atoms with Gasteiger partial charge in [0.15, 0.2) is 5.75 Å². The first kappa shape index (κ1) is 23.3. The number of hydrogen-bond acceptors (Lipinski definition) is 7. The third-order valence-electron chi connectivity index (χ3n) is 9.97. The number of hydrogen-bond donors (Lipinski definition) is 0. The van der Waals surface area contributed by atoms with E-state index in [0.717, 1.165) is 26.9 Å². The molecule has 214 valence electrons. The van der Waals surface area contributed by atoms with E-state index in [-0.39, 0.29) is 27.1 Å². The van der Waals surface area contributed by atoms with Crippen LogP contribution in [0.2, 0.25) is 0 Å². The molecule has 0 atom stereocenters. The zero-order valence-electron chi connectivity index (χ0n) is 23.3. The fourth-order valence-electron chi connectivity index (χ4n) is 8.23. The Morgan fingerprint density at radius 1 is 0.522 bits per heavy atom. The fraction of sp³-hybridized carbons (Fsp3) is 0. The van der Waals surface area contributed by atoms with Gasteiger partial charge < -0.3 is 4.18 Å². The smallest absolute Gasteiger partial charge is 0.339 e. The lowest BCUT2D eigenvalue weighted by Gasteiger charge is -2.25. The first-order valence-corrected chi connectivity index (χ1v) is 16.1. The van der Waals surface area contributed by atoms with Crippen molar-refractivity contribution in [2.45, 2.75) is 4.90 Å². The minimum atomic E-state index is -4.37. The maximum atomic E-state index is 14.2. The van der Waals surface area contributed by atoms with Gasteiger partial charge in [-0.3, -0.25) is 18.4 Å². The third kappa shape index (κ3) is 2.32. The summed E-state index contributed by atoms with van der Waals surface area (Å²) in [5, 5.41) is 7.58. The Bertz CT molecular complexity index is 3510. The summed E-state index contributed by atoms with van der Waals surface area (Å²) < 4.78 is 36.9. The van der Waals surface area contributed by atoms with Gasteiger partial charge in [-0.05, 0) is 59.3 Å². The van der Waals surface area contributed by atoms with Crippen LogP contribution in [-0.2, 0) is 10.1 Å². The molecule has 0 N–H and O–H groups in total. The van der Waals surface area contributed by atoms with E-state index < -0.39 is 10.1 Å². The summed E-state index contributed by atoms with van der Waals surface area (Å²) in [5.74, 6) is 0.0929. The number of pyridine rings is 2. The molecular formula is C36H14N4O5S. The molecule has 0 unspecified atom stereocenters. The van der Waals surface area contributed by atoms with Gasteiger partial charge in [-0.25, -0.2) is 9.97 Å². The SMILES string of the molecule is O=c1c2cc3c4c5c(cc6c(=O)n7c8ccccc8nc7c7ccc(c8ccc(c2c84)c2nc4ccccc4n12)c5c67)S(=O)(=O)O3. The number of benzene rings is 7. The lowest BCUT2D eigenvalue weighted by molar-refractivity contribution is 0.488. The van der Waals surface area contributed by atoms with Gasteiger partial charge in [0, 0.05) is 43.1 Å². The van der Waals surface area contributed by atoms with E-state index in [1.807, 2.05) is 72.8 Å². The van der Waals surface area contributed by atoms with Gasteiger partial charge in [-0.1, -0.05) is 36.4 Å². The van der Waals surface area contributed by atoms with E-state index in [4.69, 9.17) is 14.2 Å². The van der Waals surface area contributed by atoms with Crippen LogP contribution in [0.3, 0.4) is 0 Å². The topological polar surface area (TPSA) is 112 Å². The van der Waals surface area contributed by atoms with Gasteiger partial charge >= 0.3 is 10.1 Å². The zero-order chi connectivity index (χ0) is 30.4. The molecule has 7 aromatic carbocycles. The molecule has 0 radical (unpaired) electrons. The van der Waals surface area contributed by atoms with Crippen molar-refractivity contribution in [2.75, 3.05) is 0 Å². The van der Waals surface area contributed by atoms with Gasteiger partial charge in [-0.15, -0.1) is 0 Å². The Hall–Kier alpha value is -6.13. The number of para-hydroxylation sites is 4. The monoisotopic (exact) mass is 614 g/mol. The molecule has 1 aliphatic rings. The van der Waals surface area contributed by atoms with Crippen LogP contribution in [0.1, 0.15) is 0 Å². The lowest BCUT2D eigenvalue weighted by Crippen LogP contribution is -2.19. The van der Waals surface area contributed by atoms with E-state index in [1.54, 1.807) is 14.9 Å². The molecule has 0 amide bonds. The number of aromatic nitrogens is 4. The largest absolute Gasteiger partial charge is 0.378 e. The average Bonchev–Trinajstić information content (AvgIpc) is 3.65. The van der Waals surface area contributed by atoms with Crippen molar-refractivity contribution in [3.8, 4) is 5.75 Å². The van der Waals surface area contributed by atoms with Crippen LogP contribution in [0.4, 0.5) is 0 Å². The van der Waals surface area contributed by atoms with Gasteiger partial charge in [0.05, 0.1) is 32.8 Å². The molecule has 10 heteroatoms. The summed E-state index contributed by atoms with van der Waals surface area (Å²) in [6.45, 7) is 0. The van der Waals surface area contributed by atoms with Crippen molar-refractivity contribution in [3.63, 3.8) is 0 Å². The molecule has 0 saturated carbocycles. The van der Waals surface area contributed by atoms with Crippen LogP contribution >= 0.6 is 0 Å². The highest BCUT2D eigenvalue weighted by Crippen LogP contribution is 2.52. The van der Waals surface area contributed by atoms with Crippen LogP contribution in [0.15, 0.2) is 99.4 Å². The Balaban J connectivity index is 1.42. The van der Waals surface area contributed by atoms with Gasteiger partial charge in [0.1, 0.15) is 16.2 Å². The van der Waals surface area contributed by atoms with Gasteiger partial charge in [0.25, 0.3) is 11.1 Å². The Labute approximate surface area is 255 Å². The van der Waals surface area contributed by atoms with Crippen molar-refractivity contribution >= 4 is 108 Å².